The summed E-state index contributed by atoms with van der Waals surface area (Å²) in [6, 6.07) is 7.95. The van der Waals surface area contributed by atoms with Gasteiger partial charge in [0.05, 0.1) is 20.5 Å². The molecule has 0 radical (unpaired) electrons. The molecule has 1 aromatic carbocycles. The van der Waals surface area contributed by atoms with Gasteiger partial charge in [-0.1, -0.05) is 40.9 Å². The van der Waals surface area contributed by atoms with Crippen LogP contribution in [0.4, 0.5) is 4.79 Å². The third-order valence-electron chi connectivity index (χ3n) is 3.73. The molecule has 1 aliphatic rings. The zero-order valence-electron chi connectivity index (χ0n) is 14.1. The molecule has 0 bridgehead atoms. The molecule has 0 atom stereocenters. The maximum Gasteiger partial charge on any atom is 0.293 e. The smallest absolute Gasteiger partial charge is 0.293 e. The number of imide groups is 1. The van der Waals surface area contributed by atoms with Crippen molar-refractivity contribution in [3.05, 3.63) is 67.8 Å². The second kappa shape index (κ2) is 8.96. The summed E-state index contributed by atoms with van der Waals surface area (Å²) in [5.41, 5.74) is 0.987. The maximum absolute atomic E-state index is 12.5. The van der Waals surface area contributed by atoms with E-state index >= 15 is 0 Å². The Kier molecular flexibility index (Phi) is 6.61. The lowest BCUT2D eigenvalue weighted by atomic mass is 10.2. The van der Waals surface area contributed by atoms with Crippen molar-refractivity contribution < 1.29 is 14.4 Å². The van der Waals surface area contributed by atoms with E-state index in [0.29, 0.717) is 21.2 Å². The van der Waals surface area contributed by atoms with Gasteiger partial charge in [0.15, 0.2) is 0 Å². The van der Waals surface area contributed by atoms with E-state index in [1.54, 1.807) is 24.3 Å². The minimum absolute atomic E-state index is 0.0517. The van der Waals surface area contributed by atoms with Gasteiger partial charge in [-0.15, -0.1) is 0 Å². The fraction of sp³-hybridized carbons (Fsp3) is 0.111. The third kappa shape index (κ3) is 4.86. The monoisotopic (exact) mass is 455 g/mol. The van der Waals surface area contributed by atoms with E-state index in [0.717, 1.165) is 16.7 Å². The summed E-state index contributed by atoms with van der Waals surface area (Å²) in [6.45, 7) is 0.162. The van der Waals surface area contributed by atoms with Gasteiger partial charge in [0.25, 0.3) is 17.1 Å². The summed E-state index contributed by atoms with van der Waals surface area (Å²) < 4.78 is 0. The average Bonchev–Trinajstić information content (AvgIpc) is 2.92. The van der Waals surface area contributed by atoms with E-state index in [4.69, 9.17) is 34.8 Å². The molecular weight excluding hydrogens is 445 g/mol. The molecule has 1 aromatic heterocycles. The van der Waals surface area contributed by atoms with Crippen molar-refractivity contribution in [2.75, 3.05) is 13.1 Å². The number of benzene rings is 1. The molecule has 10 heteroatoms. The number of nitrogens with one attached hydrogen (secondary N) is 1. The summed E-state index contributed by atoms with van der Waals surface area (Å²) in [6.07, 6.45) is 2.92. The van der Waals surface area contributed by atoms with Crippen LogP contribution in [-0.2, 0) is 4.79 Å². The molecule has 3 amide bonds. The summed E-state index contributed by atoms with van der Waals surface area (Å²) >= 11 is 18.4. The van der Waals surface area contributed by atoms with Crippen molar-refractivity contribution in [1.82, 2.24) is 15.2 Å². The predicted octanol–water partition coefficient (Wildman–Crippen LogP) is 4.51. The normalized spacial score (nSPS) is 15.4. The molecule has 3 rings (SSSR count). The number of halogens is 3. The van der Waals surface area contributed by atoms with Crippen LogP contribution in [0.15, 0.2) is 41.4 Å². The van der Waals surface area contributed by atoms with E-state index in [1.165, 1.54) is 18.3 Å². The van der Waals surface area contributed by atoms with Crippen LogP contribution in [0.25, 0.3) is 6.08 Å². The van der Waals surface area contributed by atoms with Crippen LogP contribution in [0, 0.1) is 0 Å². The lowest BCUT2D eigenvalue weighted by Gasteiger charge is -2.13. The van der Waals surface area contributed by atoms with Gasteiger partial charge in [-0.3, -0.25) is 19.3 Å². The molecule has 144 valence electrons. The van der Waals surface area contributed by atoms with E-state index in [2.05, 4.69) is 10.3 Å². The van der Waals surface area contributed by atoms with Crippen LogP contribution in [-0.4, -0.2) is 40.0 Å². The third-order valence-corrected chi connectivity index (χ3v) is 5.60. The van der Waals surface area contributed by atoms with E-state index in [-0.39, 0.29) is 29.1 Å². The van der Waals surface area contributed by atoms with Gasteiger partial charge in [0.2, 0.25) is 0 Å². The van der Waals surface area contributed by atoms with E-state index < -0.39 is 11.1 Å². The Morgan fingerprint density at radius 2 is 1.93 bits per heavy atom. The number of carbonyl (C=O) groups is 3. The second-order valence-corrected chi connectivity index (χ2v) is 7.83. The Bertz CT molecular complexity index is 980. The molecule has 2 heterocycles. The van der Waals surface area contributed by atoms with Crippen molar-refractivity contribution in [2.45, 2.75) is 0 Å². The minimum atomic E-state index is -0.427. The van der Waals surface area contributed by atoms with Gasteiger partial charge in [-0.05, 0) is 47.7 Å². The van der Waals surface area contributed by atoms with Gasteiger partial charge < -0.3 is 5.32 Å². The lowest BCUT2D eigenvalue weighted by Crippen LogP contribution is -2.37. The molecule has 0 aliphatic carbocycles. The first kappa shape index (κ1) is 20.7. The largest absolute Gasteiger partial charge is 0.350 e. The van der Waals surface area contributed by atoms with Crippen LogP contribution in [0.3, 0.4) is 0 Å². The van der Waals surface area contributed by atoms with Crippen molar-refractivity contribution in [2.24, 2.45) is 0 Å². The molecular formula is C18H12Cl3N3O3S. The zero-order chi connectivity index (χ0) is 20.3. The van der Waals surface area contributed by atoms with Gasteiger partial charge in [0, 0.05) is 19.3 Å². The number of pyridine rings is 1. The summed E-state index contributed by atoms with van der Waals surface area (Å²) in [7, 11) is 0. The highest BCUT2D eigenvalue weighted by Crippen LogP contribution is 2.33. The summed E-state index contributed by atoms with van der Waals surface area (Å²) in [5.74, 6) is -0.800. The Morgan fingerprint density at radius 3 is 2.61 bits per heavy atom. The molecule has 28 heavy (non-hydrogen) atoms. The average molecular weight is 457 g/mol. The number of nitrogens with zero attached hydrogens (tertiary/aromatic N) is 2. The number of carbonyl (C=O) groups excluding carboxylic acids is 3. The number of hydrogen-bond donors (Lipinski definition) is 1. The van der Waals surface area contributed by atoms with Crippen LogP contribution >= 0.6 is 46.6 Å². The highest BCUT2D eigenvalue weighted by atomic mass is 35.5. The SMILES string of the molecule is O=C(NCCN1C(=O)S/C(=C/c2ccc(Cl)c(Cl)c2)C1=O)c1ccc(Cl)nc1. The Hall–Kier alpha value is -2.06. The van der Waals surface area contributed by atoms with Crippen molar-refractivity contribution in [3.8, 4) is 0 Å². The minimum Gasteiger partial charge on any atom is -0.350 e. The predicted molar refractivity (Wildman–Crippen MR) is 111 cm³/mol. The van der Waals surface area contributed by atoms with Gasteiger partial charge in [0.1, 0.15) is 5.15 Å². The van der Waals surface area contributed by atoms with Crippen molar-refractivity contribution >= 4 is 69.7 Å². The Balaban J connectivity index is 1.60. The van der Waals surface area contributed by atoms with Gasteiger partial charge in [-0.25, -0.2) is 4.98 Å². The first-order valence-corrected chi connectivity index (χ1v) is 9.90. The van der Waals surface area contributed by atoms with Gasteiger partial charge >= 0.3 is 0 Å². The Morgan fingerprint density at radius 1 is 1.14 bits per heavy atom. The number of amides is 3. The standard InChI is InChI=1S/C18H12Cl3N3O3S/c19-12-3-1-10(7-13(12)20)8-14-17(26)24(18(27)28-14)6-5-22-16(25)11-2-4-15(21)23-9-11/h1-4,7-9H,5-6H2,(H,22,25)/b14-8+. The van der Waals surface area contributed by atoms with E-state index in [9.17, 15) is 14.4 Å². The lowest BCUT2D eigenvalue weighted by molar-refractivity contribution is -0.122. The molecule has 6 nitrogen and oxygen atoms in total. The van der Waals surface area contributed by atoms with Crippen LogP contribution in [0.5, 0.6) is 0 Å². The van der Waals surface area contributed by atoms with Crippen LogP contribution in [0.2, 0.25) is 15.2 Å². The summed E-state index contributed by atoms with van der Waals surface area (Å²) in [5, 5.41) is 3.27. The Labute approximate surface area is 179 Å². The zero-order valence-corrected chi connectivity index (χ0v) is 17.2. The molecule has 0 unspecified atom stereocenters. The topological polar surface area (TPSA) is 79.4 Å². The van der Waals surface area contributed by atoms with E-state index in [1.807, 2.05) is 0 Å². The number of hydrogen-bond acceptors (Lipinski definition) is 5. The first-order chi connectivity index (χ1) is 13.3. The van der Waals surface area contributed by atoms with Crippen molar-refractivity contribution in [1.29, 1.82) is 0 Å². The number of aromatic nitrogens is 1. The first-order valence-electron chi connectivity index (χ1n) is 7.95. The fourth-order valence-corrected chi connectivity index (χ4v) is 3.62. The van der Waals surface area contributed by atoms with Crippen LogP contribution in [0.1, 0.15) is 15.9 Å². The fourth-order valence-electron chi connectivity index (χ4n) is 2.34. The second-order valence-electron chi connectivity index (χ2n) is 5.63. The molecule has 1 aliphatic heterocycles. The summed E-state index contributed by atoms with van der Waals surface area (Å²) in [4.78, 5) is 41.8. The number of thioether (sulfide) groups is 1. The quantitative estimate of drug-likeness (QED) is 0.529. The van der Waals surface area contributed by atoms with Crippen molar-refractivity contribution in [3.63, 3.8) is 0 Å². The molecule has 1 saturated heterocycles. The highest BCUT2D eigenvalue weighted by molar-refractivity contribution is 8.18. The molecule has 2 aromatic rings. The molecule has 0 saturated carbocycles. The number of rotatable bonds is 5. The van der Waals surface area contributed by atoms with Gasteiger partial charge in [-0.2, -0.15) is 0 Å². The van der Waals surface area contributed by atoms with Crippen LogP contribution < -0.4 is 5.32 Å². The molecule has 1 N–H and O–H groups in total. The molecule has 0 spiro atoms. The molecule has 1 fully saturated rings. The maximum atomic E-state index is 12.5. The highest BCUT2D eigenvalue weighted by Gasteiger charge is 2.34.